The van der Waals surface area contributed by atoms with Gasteiger partial charge in [0.1, 0.15) is 24.7 Å². The van der Waals surface area contributed by atoms with Gasteiger partial charge in [-0.2, -0.15) is 0 Å². The van der Waals surface area contributed by atoms with Crippen LogP contribution in [-0.4, -0.2) is 42.6 Å². The molecule has 0 aliphatic heterocycles. The van der Waals surface area contributed by atoms with E-state index in [1.54, 1.807) is 44.2 Å². The normalized spacial score (nSPS) is 10.8. The highest BCUT2D eigenvalue weighted by Gasteiger charge is 2.17. The van der Waals surface area contributed by atoms with Crippen LogP contribution >= 0.6 is 12.2 Å². The lowest BCUT2D eigenvalue weighted by molar-refractivity contribution is 0.0972. The molecular weight excluding hydrogens is 550 g/mol. The zero-order chi connectivity index (χ0) is 28.5. The lowest BCUT2D eigenvalue weighted by atomic mass is 10.2. The second-order valence-corrected chi connectivity index (χ2v) is 10.6. The maximum Gasteiger partial charge on any atom is 0.264 e. The quantitative estimate of drug-likeness (QED) is 0.184. The highest BCUT2D eigenvalue weighted by Crippen LogP contribution is 2.19. The number of sulfonamides is 1. The van der Waals surface area contributed by atoms with Gasteiger partial charge in [-0.15, -0.1) is 0 Å². The third-order valence-electron chi connectivity index (χ3n) is 5.34. The first-order chi connectivity index (χ1) is 19.2. The molecule has 0 unspecified atom stereocenters. The first kappa shape index (κ1) is 28.5. The number of aryl methyl sites for hydroxylation is 2. The molecule has 0 saturated carbocycles. The number of amides is 1. The van der Waals surface area contributed by atoms with Crippen LogP contribution < -0.4 is 24.8 Å². The molecule has 4 aromatic rings. The van der Waals surface area contributed by atoms with Gasteiger partial charge in [-0.05, 0) is 80.7 Å². The Balaban J connectivity index is 1.31. The third kappa shape index (κ3) is 7.98. The lowest BCUT2D eigenvalue weighted by Crippen LogP contribution is -2.34. The average molecular weight is 578 g/mol. The Morgan fingerprint density at radius 3 is 2.17 bits per heavy atom. The van der Waals surface area contributed by atoms with Crippen molar-refractivity contribution in [1.82, 2.24) is 15.3 Å². The summed E-state index contributed by atoms with van der Waals surface area (Å²) in [5, 5.41) is 5.52. The van der Waals surface area contributed by atoms with Gasteiger partial charge in [-0.1, -0.05) is 30.3 Å². The molecule has 0 fully saturated rings. The van der Waals surface area contributed by atoms with Crippen molar-refractivity contribution in [3.8, 4) is 11.5 Å². The maximum absolute atomic E-state index is 12.9. The number of rotatable bonds is 10. The number of benzene rings is 3. The van der Waals surface area contributed by atoms with Crippen LogP contribution in [0, 0.1) is 13.8 Å². The van der Waals surface area contributed by atoms with E-state index in [0.717, 1.165) is 5.75 Å². The number of carbonyl (C=O) groups is 1. The summed E-state index contributed by atoms with van der Waals surface area (Å²) in [5.74, 6) is 0.644. The van der Waals surface area contributed by atoms with Gasteiger partial charge < -0.3 is 14.8 Å². The Kier molecular flexibility index (Phi) is 9.25. The average Bonchev–Trinajstić information content (AvgIpc) is 2.91. The predicted octanol–water partition coefficient (Wildman–Crippen LogP) is 4.48. The van der Waals surface area contributed by atoms with Gasteiger partial charge in [-0.25, -0.2) is 23.1 Å². The molecule has 0 saturated heterocycles. The molecule has 0 aliphatic carbocycles. The fraction of sp³-hybridized carbons (Fsp3) is 0.143. The number of carbonyl (C=O) groups excluding carboxylic acids is 1. The summed E-state index contributed by atoms with van der Waals surface area (Å²) < 4.78 is 39.3. The smallest absolute Gasteiger partial charge is 0.264 e. The van der Waals surface area contributed by atoms with Crippen molar-refractivity contribution < 1.29 is 22.7 Å². The lowest BCUT2D eigenvalue weighted by Gasteiger charge is -2.14. The summed E-state index contributed by atoms with van der Waals surface area (Å²) in [6.07, 6.45) is 0. The summed E-state index contributed by atoms with van der Waals surface area (Å²) >= 11 is 5.28. The SMILES string of the molecule is Cc1cc(C)nc(NS(=O)(=O)c2ccc(NC(=S)NC(=O)c3ccccc3OCCOc3ccccc3)cc2)n1. The Labute approximate surface area is 237 Å². The Bertz CT molecular complexity index is 1580. The molecular formula is C28H27N5O5S2. The van der Waals surface area contributed by atoms with Crippen LogP contribution in [0.5, 0.6) is 11.5 Å². The van der Waals surface area contributed by atoms with Gasteiger partial charge >= 0.3 is 0 Å². The predicted molar refractivity (Wildman–Crippen MR) is 156 cm³/mol. The standard InChI is InChI=1S/C28H27N5O5S2/c1-19-18-20(2)30-27(29-19)33-40(35,36)23-14-12-21(13-15-23)31-28(39)32-26(34)24-10-6-7-11-25(24)38-17-16-37-22-8-4-3-5-9-22/h3-15,18H,16-17H2,1-2H3,(H,29,30,33)(H2,31,32,34,39). The third-order valence-corrected chi connectivity index (χ3v) is 6.89. The van der Waals surface area contributed by atoms with E-state index < -0.39 is 15.9 Å². The van der Waals surface area contributed by atoms with Crippen LogP contribution in [0.2, 0.25) is 0 Å². The fourth-order valence-corrected chi connectivity index (χ4v) is 4.76. The topological polar surface area (TPSA) is 132 Å². The molecule has 12 heteroatoms. The van der Waals surface area contributed by atoms with Crippen molar-refractivity contribution in [2.24, 2.45) is 0 Å². The molecule has 0 spiro atoms. The number of thiocarbonyl (C=S) groups is 1. The summed E-state index contributed by atoms with van der Waals surface area (Å²) in [5.41, 5.74) is 2.07. The van der Waals surface area contributed by atoms with Crippen molar-refractivity contribution in [3.05, 3.63) is 102 Å². The van der Waals surface area contributed by atoms with Crippen LogP contribution in [0.1, 0.15) is 21.7 Å². The first-order valence-electron chi connectivity index (χ1n) is 12.2. The van der Waals surface area contributed by atoms with E-state index in [1.165, 1.54) is 24.3 Å². The second-order valence-electron chi connectivity index (χ2n) is 8.52. The molecule has 0 aliphatic rings. The van der Waals surface area contributed by atoms with E-state index in [4.69, 9.17) is 21.7 Å². The molecule has 0 radical (unpaired) electrons. The number of aromatic nitrogens is 2. The molecule has 40 heavy (non-hydrogen) atoms. The zero-order valence-electron chi connectivity index (χ0n) is 21.7. The number of ether oxygens (including phenoxy) is 2. The van der Waals surface area contributed by atoms with Crippen molar-refractivity contribution in [2.75, 3.05) is 23.3 Å². The number of anilines is 2. The van der Waals surface area contributed by atoms with E-state index in [9.17, 15) is 13.2 Å². The van der Waals surface area contributed by atoms with Gasteiger partial charge in [0, 0.05) is 17.1 Å². The van der Waals surface area contributed by atoms with E-state index in [0.29, 0.717) is 35.0 Å². The molecule has 10 nitrogen and oxygen atoms in total. The van der Waals surface area contributed by atoms with Crippen LogP contribution in [-0.2, 0) is 10.0 Å². The molecule has 0 bridgehead atoms. The minimum absolute atomic E-state index is 0.00317. The largest absolute Gasteiger partial charge is 0.490 e. The Morgan fingerprint density at radius 1 is 0.850 bits per heavy atom. The summed E-state index contributed by atoms with van der Waals surface area (Å²) in [7, 11) is -3.91. The van der Waals surface area contributed by atoms with Gasteiger partial charge in [0.25, 0.3) is 15.9 Å². The Hall–Kier alpha value is -4.55. The summed E-state index contributed by atoms with van der Waals surface area (Å²) in [4.78, 5) is 21.1. The van der Waals surface area contributed by atoms with Crippen LogP contribution in [0.4, 0.5) is 11.6 Å². The molecule has 206 valence electrons. The van der Waals surface area contributed by atoms with Crippen LogP contribution in [0.25, 0.3) is 0 Å². The number of para-hydroxylation sites is 2. The minimum Gasteiger partial charge on any atom is -0.490 e. The van der Waals surface area contributed by atoms with Crippen molar-refractivity contribution >= 4 is 44.9 Å². The summed E-state index contributed by atoms with van der Waals surface area (Å²) in [6, 6.07) is 23.7. The number of hydrogen-bond donors (Lipinski definition) is 3. The van der Waals surface area contributed by atoms with E-state index in [1.807, 2.05) is 30.3 Å². The minimum atomic E-state index is -3.91. The van der Waals surface area contributed by atoms with E-state index in [2.05, 4.69) is 25.3 Å². The van der Waals surface area contributed by atoms with Gasteiger partial charge in [0.05, 0.1) is 10.5 Å². The maximum atomic E-state index is 12.9. The highest BCUT2D eigenvalue weighted by molar-refractivity contribution is 7.92. The second kappa shape index (κ2) is 13.0. The number of nitrogens with one attached hydrogen (secondary N) is 3. The van der Waals surface area contributed by atoms with Crippen molar-refractivity contribution in [1.29, 1.82) is 0 Å². The Morgan fingerprint density at radius 2 is 1.48 bits per heavy atom. The van der Waals surface area contributed by atoms with Crippen LogP contribution in [0.3, 0.4) is 0 Å². The van der Waals surface area contributed by atoms with Gasteiger partial charge in [0.15, 0.2) is 5.11 Å². The first-order valence-corrected chi connectivity index (χ1v) is 14.1. The van der Waals surface area contributed by atoms with E-state index in [-0.39, 0.29) is 22.6 Å². The molecule has 4 rings (SSSR count). The molecule has 3 N–H and O–H groups in total. The molecule has 1 amide bonds. The molecule has 1 aromatic heterocycles. The van der Waals surface area contributed by atoms with Gasteiger partial charge in [0.2, 0.25) is 5.95 Å². The fourth-order valence-electron chi connectivity index (χ4n) is 3.61. The molecule has 3 aromatic carbocycles. The van der Waals surface area contributed by atoms with Gasteiger partial charge in [-0.3, -0.25) is 10.1 Å². The number of hydrogen-bond acceptors (Lipinski definition) is 8. The highest BCUT2D eigenvalue weighted by atomic mass is 32.2. The molecule has 0 atom stereocenters. The van der Waals surface area contributed by atoms with E-state index >= 15 is 0 Å². The zero-order valence-corrected chi connectivity index (χ0v) is 23.4. The summed E-state index contributed by atoms with van der Waals surface area (Å²) in [6.45, 7) is 4.05. The monoisotopic (exact) mass is 577 g/mol. The van der Waals surface area contributed by atoms with Crippen LogP contribution in [0.15, 0.2) is 89.8 Å². The van der Waals surface area contributed by atoms with Crippen molar-refractivity contribution in [3.63, 3.8) is 0 Å². The molecule has 1 heterocycles. The van der Waals surface area contributed by atoms with Crippen molar-refractivity contribution in [2.45, 2.75) is 18.7 Å². The number of nitrogens with zero attached hydrogens (tertiary/aromatic N) is 2.